The summed E-state index contributed by atoms with van der Waals surface area (Å²) in [6.07, 6.45) is 1.56. The molecular formula is C26H30ClN5O4S. The summed E-state index contributed by atoms with van der Waals surface area (Å²) in [5, 5.41) is 8.22. The van der Waals surface area contributed by atoms with Gasteiger partial charge in [0.05, 0.1) is 30.0 Å². The molecule has 2 aromatic heterocycles. The molecule has 37 heavy (non-hydrogen) atoms. The van der Waals surface area contributed by atoms with Crippen LogP contribution in [0.4, 0.5) is 0 Å². The van der Waals surface area contributed by atoms with Crippen LogP contribution in [0, 0.1) is 0 Å². The highest BCUT2D eigenvalue weighted by atomic mass is 35.5. The highest BCUT2D eigenvalue weighted by Crippen LogP contribution is 2.37. The van der Waals surface area contributed by atoms with Crippen molar-refractivity contribution in [3.63, 3.8) is 0 Å². The van der Waals surface area contributed by atoms with Crippen LogP contribution < -0.4 is 10.6 Å². The number of carbonyl (C=O) groups is 2. The van der Waals surface area contributed by atoms with Crippen LogP contribution in [0.5, 0.6) is 0 Å². The predicted octanol–water partition coefficient (Wildman–Crippen LogP) is 3.48. The van der Waals surface area contributed by atoms with E-state index in [-0.39, 0.29) is 36.1 Å². The normalized spacial score (nSPS) is 27.0. The van der Waals surface area contributed by atoms with Crippen molar-refractivity contribution in [1.82, 2.24) is 25.5 Å². The Morgan fingerprint density at radius 3 is 2.57 bits per heavy atom. The first-order valence-corrected chi connectivity index (χ1v) is 13.8. The largest absolute Gasteiger partial charge is 0.351 e. The molecule has 11 heteroatoms. The van der Waals surface area contributed by atoms with Gasteiger partial charge in [-0.05, 0) is 58.0 Å². The van der Waals surface area contributed by atoms with Crippen LogP contribution in [-0.4, -0.2) is 70.4 Å². The molecule has 0 unspecified atom stereocenters. The number of nitrogens with one attached hydrogen (secondary N) is 3. The number of hydrogen-bond acceptors (Lipinski definition) is 7. The lowest BCUT2D eigenvalue weighted by molar-refractivity contribution is -0.145. The fourth-order valence-corrected chi connectivity index (χ4v) is 6.85. The van der Waals surface area contributed by atoms with E-state index in [1.807, 2.05) is 26.0 Å². The maximum Gasteiger partial charge on any atom is 0.280 e. The van der Waals surface area contributed by atoms with Crippen LogP contribution >= 0.6 is 22.9 Å². The first kappa shape index (κ1) is 24.8. The van der Waals surface area contributed by atoms with Gasteiger partial charge in [0.15, 0.2) is 10.8 Å². The Kier molecular flexibility index (Phi) is 6.27. The molecule has 2 amide bonds. The first-order valence-electron chi connectivity index (χ1n) is 12.6. The molecule has 3 aromatic rings. The predicted molar refractivity (Wildman–Crippen MR) is 141 cm³/mol. The Bertz CT molecular complexity index is 1370. The molecule has 0 radical (unpaired) electrons. The summed E-state index contributed by atoms with van der Waals surface area (Å²) >= 11 is 7.56. The number of nitrogens with zero attached hydrogens (tertiary/aromatic N) is 2. The van der Waals surface area contributed by atoms with Gasteiger partial charge in [-0.1, -0.05) is 11.6 Å². The minimum atomic E-state index is -0.709. The summed E-state index contributed by atoms with van der Waals surface area (Å²) in [6.45, 7) is 5.52. The number of halogens is 1. The number of likely N-dealkylation sites (N-methyl/N-ethyl adjacent to an activating group) is 1. The van der Waals surface area contributed by atoms with Gasteiger partial charge < -0.3 is 30.0 Å². The SMILES string of the molecule is CN1CCc2nc(C(=O)N[C@H]3C[C@@H]4OC(C)(C)O[C@@H]4C[C@H]3NC(=O)c3cc4cc(Cl)ccc4[nH]3)sc2C1. The van der Waals surface area contributed by atoms with Crippen LogP contribution in [0.25, 0.3) is 10.9 Å². The number of carbonyl (C=O) groups excluding carboxylic acids is 2. The van der Waals surface area contributed by atoms with Crippen molar-refractivity contribution >= 4 is 45.7 Å². The van der Waals surface area contributed by atoms with Gasteiger partial charge in [-0.2, -0.15) is 0 Å². The smallest absolute Gasteiger partial charge is 0.280 e. The second-order valence-corrected chi connectivity index (χ2v) is 12.2. The number of aromatic nitrogens is 2. The fraction of sp³-hybridized carbons (Fsp3) is 0.500. The molecule has 1 aromatic carbocycles. The molecule has 1 aliphatic carbocycles. The number of H-pyrrole nitrogens is 1. The Balaban J connectivity index is 1.22. The van der Waals surface area contributed by atoms with Crippen LogP contribution in [0.15, 0.2) is 24.3 Å². The van der Waals surface area contributed by atoms with Crippen molar-refractivity contribution in [2.24, 2.45) is 0 Å². The first-order chi connectivity index (χ1) is 17.6. The lowest BCUT2D eigenvalue weighted by atomic mass is 9.86. The Labute approximate surface area is 223 Å². The number of ether oxygens (including phenoxy) is 2. The zero-order chi connectivity index (χ0) is 25.9. The maximum absolute atomic E-state index is 13.3. The van der Waals surface area contributed by atoms with Crippen LogP contribution in [-0.2, 0) is 22.4 Å². The summed E-state index contributed by atoms with van der Waals surface area (Å²) < 4.78 is 12.2. The number of thiazole rings is 1. The van der Waals surface area contributed by atoms with Gasteiger partial charge in [-0.15, -0.1) is 11.3 Å². The molecule has 196 valence electrons. The third-order valence-corrected chi connectivity index (χ3v) is 8.64. The number of aromatic amines is 1. The molecule has 1 saturated heterocycles. The van der Waals surface area contributed by atoms with Gasteiger partial charge in [0.2, 0.25) is 0 Å². The molecule has 3 aliphatic rings. The van der Waals surface area contributed by atoms with Crippen LogP contribution in [0.2, 0.25) is 5.02 Å². The van der Waals surface area contributed by atoms with Gasteiger partial charge >= 0.3 is 0 Å². The monoisotopic (exact) mass is 543 g/mol. The third kappa shape index (κ3) is 5.00. The van der Waals surface area contributed by atoms with E-state index in [9.17, 15) is 9.59 Å². The second kappa shape index (κ2) is 9.36. The minimum absolute atomic E-state index is 0.165. The number of benzene rings is 1. The molecule has 9 nitrogen and oxygen atoms in total. The third-order valence-electron chi connectivity index (χ3n) is 7.32. The van der Waals surface area contributed by atoms with Crippen LogP contribution in [0.1, 0.15) is 57.6 Å². The van der Waals surface area contributed by atoms with Gasteiger partial charge in [0.25, 0.3) is 11.8 Å². The topological polar surface area (TPSA) is 109 Å². The van der Waals surface area contributed by atoms with Crippen molar-refractivity contribution in [3.8, 4) is 0 Å². The molecule has 4 heterocycles. The Hall–Kier alpha value is -2.50. The van der Waals surface area contributed by atoms with Crippen molar-refractivity contribution in [2.75, 3.05) is 13.6 Å². The van der Waals surface area contributed by atoms with Gasteiger partial charge in [-0.25, -0.2) is 4.98 Å². The molecule has 0 spiro atoms. The minimum Gasteiger partial charge on any atom is -0.351 e. The summed E-state index contributed by atoms with van der Waals surface area (Å²) in [4.78, 5) is 37.7. The van der Waals surface area contributed by atoms with Crippen molar-refractivity contribution in [3.05, 3.63) is 50.6 Å². The van der Waals surface area contributed by atoms with Crippen LogP contribution in [0.3, 0.4) is 0 Å². The maximum atomic E-state index is 13.3. The molecule has 2 fully saturated rings. The van der Waals surface area contributed by atoms with E-state index in [2.05, 4.69) is 32.5 Å². The average molecular weight is 544 g/mol. The second-order valence-electron chi connectivity index (χ2n) is 10.6. The van der Waals surface area contributed by atoms with E-state index < -0.39 is 5.79 Å². The lowest BCUT2D eigenvalue weighted by Gasteiger charge is -2.37. The molecular weight excluding hydrogens is 514 g/mol. The van der Waals surface area contributed by atoms with E-state index in [0.29, 0.717) is 28.6 Å². The van der Waals surface area contributed by atoms with E-state index in [0.717, 1.165) is 41.0 Å². The zero-order valence-electron chi connectivity index (χ0n) is 21.0. The quantitative estimate of drug-likeness (QED) is 0.465. The molecule has 0 bridgehead atoms. The number of rotatable bonds is 4. The highest BCUT2D eigenvalue weighted by molar-refractivity contribution is 7.13. The lowest BCUT2D eigenvalue weighted by Crippen LogP contribution is -2.58. The average Bonchev–Trinajstić information content (AvgIpc) is 3.52. The van der Waals surface area contributed by atoms with Crippen molar-refractivity contribution < 1.29 is 19.1 Å². The summed E-state index contributed by atoms with van der Waals surface area (Å²) in [7, 11) is 2.07. The summed E-state index contributed by atoms with van der Waals surface area (Å²) in [5.41, 5.74) is 2.27. The van der Waals surface area contributed by atoms with Gasteiger partial charge in [0.1, 0.15) is 5.69 Å². The number of hydrogen-bond donors (Lipinski definition) is 3. The van der Waals surface area contributed by atoms with Gasteiger partial charge in [0, 0.05) is 40.3 Å². The molecule has 4 atom stereocenters. The molecule has 6 rings (SSSR count). The molecule has 1 saturated carbocycles. The standard InChI is InChI=1S/C26H30ClN5O4S/c1-26(2)35-20-10-17(29-23(33)19-9-13-8-14(27)4-5-15(13)28-19)18(11-21(20)36-26)30-24(34)25-31-16-6-7-32(3)12-22(16)37-25/h4-5,8-9,17-18,20-21,28H,6-7,10-12H2,1-3H3,(H,29,33)(H,30,34)/t17-,18+,20-,21+/m1/s1. The van der Waals surface area contributed by atoms with E-state index >= 15 is 0 Å². The highest BCUT2D eigenvalue weighted by Gasteiger charge is 2.48. The molecule has 3 N–H and O–H groups in total. The zero-order valence-corrected chi connectivity index (χ0v) is 22.5. The van der Waals surface area contributed by atoms with E-state index in [4.69, 9.17) is 21.1 Å². The van der Waals surface area contributed by atoms with E-state index in [1.165, 1.54) is 11.3 Å². The van der Waals surface area contributed by atoms with Gasteiger partial charge in [-0.3, -0.25) is 9.59 Å². The summed E-state index contributed by atoms with van der Waals surface area (Å²) in [6, 6.07) is 6.55. The van der Waals surface area contributed by atoms with E-state index in [1.54, 1.807) is 12.1 Å². The Morgan fingerprint density at radius 1 is 1.14 bits per heavy atom. The Morgan fingerprint density at radius 2 is 1.84 bits per heavy atom. The van der Waals surface area contributed by atoms with Crippen molar-refractivity contribution in [2.45, 2.75) is 69.7 Å². The number of fused-ring (bicyclic) bond motifs is 3. The fourth-order valence-electron chi connectivity index (χ4n) is 5.58. The summed E-state index contributed by atoms with van der Waals surface area (Å²) in [5.74, 6) is -1.18. The number of amides is 2. The van der Waals surface area contributed by atoms with Crippen molar-refractivity contribution in [1.29, 1.82) is 0 Å². The molecule has 2 aliphatic heterocycles.